The van der Waals surface area contributed by atoms with E-state index < -0.39 is 5.60 Å². The molecule has 2 N–H and O–H groups in total. The maximum Gasteiger partial charge on any atom is 0.410 e. The van der Waals surface area contributed by atoms with Crippen LogP contribution in [0, 0.1) is 0 Å². The number of piperidine rings is 1. The molecule has 118 valence electrons. The van der Waals surface area contributed by atoms with E-state index in [4.69, 9.17) is 10.5 Å². The van der Waals surface area contributed by atoms with E-state index in [-0.39, 0.29) is 6.09 Å². The number of nitrogens with zero attached hydrogens (tertiary/aromatic N) is 3. The SMILES string of the molecule is CCc1c(N)cnn1C1CCN(C(=O)OC(C)(C)C)CC1. The molecule has 0 spiro atoms. The maximum atomic E-state index is 12.0. The second-order valence-electron chi connectivity index (χ2n) is 6.54. The van der Waals surface area contributed by atoms with Crippen molar-refractivity contribution in [3.63, 3.8) is 0 Å². The molecule has 0 atom stereocenters. The van der Waals surface area contributed by atoms with E-state index in [1.807, 2.05) is 25.5 Å². The Labute approximate surface area is 126 Å². The fourth-order valence-corrected chi connectivity index (χ4v) is 2.70. The number of likely N-dealkylation sites (tertiary alicyclic amines) is 1. The van der Waals surface area contributed by atoms with E-state index in [9.17, 15) is 4.79 Å². The van der Waals surface area contributed by atoms with Gasteiger partial charge in [-0.3, -0.25) is 4.68 Å². The zero-order valence-corrected chi connectivity index (χ0v) is 13.4. The molecular weight excluding hydrogens is 268 g/mol. The zero-order chi connectivity index (χ0) is 15.6. The molecule has 6 nitrogen and oxygen atoms in total. The molecule has 1 amide bonds. The lowest BCUT2D eigenvalue weighted by molar-refractivity contribution is 0.0184. The number of carbonyl (C=O) groups excluding carboxylic acids is 1. The Bertz CT molecular complexity index is 496. The van der Waals surface area contributed by atoms with Gasteiger partial charge in [0.2, 0.25) is 0 Å². The number of hydrogen-bond acceptors (Lipinski definition) is 4. The van der Waals surface area contributed by atoms with Gasteiger partial charge in [-0.2, -0.15) is 5.10 Å². The molecule has 6 heteroatoms. The number of hydrogen-bond donors (Lipinski definition) is 1. The van der Waals surface area contributed by atoms with Crippen molar-refractivity contribution in [2.75, 3.05) is 18.8 Å². The highest BCUT2D eigenvalue weighted by Crippen LogP contribution is 2.26. The summed E-state index contributed by atoms with van der Waals surface area (Å²) in [7, 11) is 0. The van der Waals surface area contributed by atoms with Crippen LogP contribution in [0.2, 0.25) is 0 Å². The van der Waals surface area contributed by atoms with Gasteiger partial charge in [0.15, 0.2) is 0 Å². The standard InChI is InChI=1S/C15H26N4O2/c1-5-13-12(16)10-17-19(13)11-6-8-18(9-7-11)14(20)21-15(2,3)4/h10-11H,5-9,16H2,1-4H3. The third-order valence-corrected chi connectivity index (χ3v) is 3.73. The van der Waals surface area contributed by atoms with Gasteiger partial charge in [-0.25, -0.2) is 4.79 Å². The van der Waals surface area contributed by atoms with Crippen LogP contribution in [0.15, 0.2) is 6.20 Å². The van der Waals surface area contributed by atoms with Gasteiger partial charge in [0.25, 0.3) is 0 Å². The maximum absolute atomic E-state index is 12.0. The van der Waals surface area contributed by atoms with Crippen LogP contribution >= 0.6 is 0 Å². The molecule has 2 heterocycles. The molecule has 2 rings (SSSR count). The fourth-order valence-electron chi connectivity index (χ4n) is 2.70. The van der Waals surface area contributed by atoms with Crippen molar-refractivity contribution in [1.29, 1.82) is 0 Å². The van der Waals surface area contributed by atoms with Gasteiger partial charge >= 0.3 is 6.09 Å². The van der Waals surface area contributed by atoms with Gasteiger partial charge in [0, 0.05) is 13.1 Å². The molecule has 0 radical (unpaired) electrons. The molecule has 1 aliphatic rings. The summed E-state index contributed by atoms with van der Waals surface area (Å²) in [5, 5.41) is 4.40. The summed E-state index contributed by atoms with van der Waals surface area (Å²) in [6.45, 7) is 9.14. The van der Waals surface area contributed by atoms with E-state index in [1.54, 1.807) is 11.1 Å². The van der Waals surface area contributed by atoms with Gasteiger partial charge in [0.05, 0.1) is 23.6 Å². The molecule has 0 unspecified atom stereocenters. The summed E-state index contributed by atoms with van der Waals surface area (Å²) in [4.78, 5) is 13.8. The van der Waals surface area contributed by atoms with Crippen LogP contribution in [0.3, 0.4) is 0 Å². The van der Waals surface area contributed by atoms with Crippen LogP contribution in [0.4, 0.5) is 10.5 Å². The van der Waals surface area contributed by atoms with E-state index >= 15 is 0 Å². The fraction of sp³-hybridized carbons (Fsp3) is 0.733. The van der Waals surface area contributed by atoms with Crippen LogP contribution in [0.5, 0.6) is 0 Å². The number of nitrogens with two attached hydrogens (primary N) is 1. The zero-order valence-electron chi connectivity index (χ0n) is 13.4. The van der Waals surface area contributed by atoms with Crippen molar-refractivity contribution >= 4 is 11.8 Å². The molecule has 1 saturated heterocycles. The number of carbonyl (C=O) groups is 1. The molecule has 1 aromatic rings. The van der Waals surface area contributed by atoms with Crippen molar-refractivity contribution in [3.8, 4) is 0 Å². The summed E-state index contributed by atoms with van der Waals surface area (Å²) in [6.07, 6.45) is 4.13. The largest absolute Gasteiger partial charge is 0.444 e. The molecule has 21 heavy (non-hydrogen) atoms. The van der Waals surface area contributed by atoms with E-state index in [0.29, 0.717) is 19.1 Å². The van der Waals surface area contributed by atoms with Crippen LogP contribution in [0.1, 0.15) is 52.3 Å². The highest BCUT2D eigenvalue weighted by molar-refractivity contribution is 5.68. The first kappa shape index (κ1) is 15.7. The van der Waals surface area contributed by atoms with Crippen molar-refractivity contribution in [2.24, 2.45) is 0 Å². The number of nitrogen functional groups attached to an aromatic ring is 1. The lowest BCUT2D eigenvalue weighted by Crippen LogP contribution is -2.42. The van der Waals surface area contributed by atoms with Crippen molar-refractivity contribution in [3.05, 3.63) is 11.9 Å². The van der Waals surface area contributed by atoms with Crippen LogP contribution < -0.4 is 5.73 Å². The average molecular weight is 294 g/mol. The highest BCUT2D eigenvalue weighted by Gasteiger charge is 2.28. The number of ether oxygens (including phenoxy) is 1. The predicted octanol–water partition coefficient (Wildman–Crippen LogP) is 2.60. The summed E-state index contributed by atoms with van der Waals surface area (Å²) in [5.41, 5.74) is 7.34. The Morgan fingerprint density at radius 1 is 1.43 bits per heavy atom. The molecule has 1 aromatic heterocycles. The summed E-state index contributed by atoms with van der Waals surface area (Å²) in [5.74, 6) is 0. The smallest absolute Gasteiger partial charge is 0.410 e. The highest BCUT2D eigenvalue weighted by atomic mass is 16.6. The lowest BCUT2D eigenvalue weighted by Gasteiger charge is -2.34. The van der Waals surface area contributed by atoms with Crippen molar-refractivity contribution in [2.45, 2.75) is 58.6 Å². The van der Waals surface area contributed by atoms with Gasteiger partial charge in [-0.05, 0) is 40.0 Å². The number of amides is 1. The predicted molar refractivity (Wildman–Crippen MR) is 82.1 cm³/mol. The Kier molecular flexibility index (Phi) is 4.44. The van der Waals surface area contributed by atoms with Gasteiger partial charge in [0.1, 0.15) is 5.60 Å². The molecule has 0 aromatic carbocycles. The van der Waals surface area contributed by atoms with Gasteiger partial charge < -0.3 is 15.4 Å². The summed E-state index contributed by atoms with van der Waals surface area (Å²) < 4.78 is 7.44. The average Bonchev–Trinajstić information content (AvgIpc) is 2.78. The Morgan fingerprint density at radius 3 is 2.57 bits per heavy atom. The van der Waals surface area contributed by atoms with Gasteiger partial charge in [-0.15, -0.1) is 0 Å². The third-order valence-electron chi connectivity index (χ3n) is 3.73. The summed E-state index contributed by atoms with van der Waals surface area (Å²) >= 11 is 0. The molecule has 0 aliphatic carbocycles. The third kappa shape index (κ3) is 3.68. The van der Waals surface area contributed by atoms with Crippen LogP contribution in [-0.4, -0.2) is 39.5 Å². The minimum atomic E-state index is -0.445. The van der Waals surface area contributed by atoms with Crippen molar-refractivity contribution in [1.82, 2.24) is 14.7 Å². The monoisotopic (exact) mass is 294 g/mol. The number of anilines is 1. The van der Waals surface area contributed by atoms with Crippen molar-refractivity contribution < 1.29 is 9.53 Å². The quantitative estimate of drug-likeness (QED) is 0.910. The lowest BCUT2D eigenvalue weighted by atomic mass is 10.1. The van der Waals surface area contributed by atoms with E-state index in [1.165, 1.54) is 0 Å². The molecule has 0 saturated carbocycles. The van der Waals surface area contributed by atoms with Crippen LogP contribution in [-0.2, 0) is 11.2 Å². The number of rotatable bonds is 2. The van der Waals surface area contributed by atoms with Crippen LogP contribution in [0.25, 0.3) is 0 Å². The topological polar surface area (TPSA) is 73.4 Å². The Balaban J connectivity index is 1.95. The second kappa shape index (κ2) is 5.95. The number of aromatic nitrogens is 2. The Morgan fingerprint density at radius 2 is 2.05 bits per heavy atom. The first-order valence-electron chi connectivity index (χ1n) is 7.61. The molecule has 0 bridgehead atoms. The van der Waals surface area contributed by atoms with Gasteiger partial charge in [-0.1, -0.05) is 6.92 Å². The first-order chi connectivity index (χ1) is 9.81. The molecule has 1 fully saturated rings. The minimum Gasteiger partial charge on any atom is -0.444 e. The molecular formula is C15H26N4O2. The van der Waals surface area contributed by atoms with E-state index in [0.717, 1.165) is 30.6 Å². The minimum absolute atomic E-state index is 0.225. The second-order valence-corrected chi connectivity index (χ2v) is 6.54. The first-order valence-corrected chi connectivity index (χ1v) is 7.61. The Hall–Kier alpha value is -1.72. The van der Waals surface area contributed by atoms with E-state index in [2.05, 4.69) is 12.0 Å². The normalized spacial score (nSPS) is 17.0. The summed E-state index contributed by atoms with van der Waals surface area (Å²) in [6, 6.07) is 0.316. The molecule has 1 aliphatic heterocycles.